The van der Waals surface area contributed by atoms with E-state index in [0.29, 0.717) is 6.61 Å². The van der Waals surface area contributed by atoms with Gasteiger partial charge in [-0.25, -0.2) is 4.98 Å². The minimum Gasteiger partial charge on any atom is -0.497 e. The topological polar surface area (TPSA) is 43.4 Å². The highest BCUT2D eigenvalue weighted by Crippen LogP contribution is 2.26. The summed E-state index contributed by atoms with van der Waals surface area (Å²) < 4.78 is 10.4. The van der Waals surface area contributed by atoms with E-state index in [1.54, 1.807) is 25.6 Å². The van der Waals surface area contributed by atoms with Crippen LogP contribution in [0, 0.1) is 0 Å². The molecule has 0 amide bonds. The van der Waals surface area contributed by atoms with Crippen LogP contribution in [0.4, 0.5) is 0 Å². The molecule has 0 spiro atoms. The maximum atomic E-state index is 5.28. The van der Waals surface area contributed by atoms with Crippen LogP contribution in [0.5, 0.6) is 5.75 Å². The molecule has 0 aliphatic heterocycles. The summed E-state index contributed by atoms with van der Waals surface area (Å²) in [5.74, 6) is 0.854. The number of rotatable bonds is 7. The van der Waals surface area contributed by atoms with Gasteiger partial charge in [-0.2, -0.15) is 0 Å². The largest absolute Gasteiger partial charge is 0.497 e. The highest BCUT2D eigenvalue weighted by molar-refractivity contribution is 7.09. The lowest BCUT2D eigenvalue weighted by atomic mass is 10.1. The molecule has 0 saturated heterocycles. The Morgan fingerprint density at radius 2 is 2.26 bits per heavy atom. The zero-order valence-corrected chi connectivity index (χ0v) is 11.9. The zero-order valence-electron chi connectivity index (χ0n) is 11.1. The van der Waals surface area contributed by atoms with E-state index < -0.39 is 0 Å². The molecule has 2 rings (SSSR count). The van der Waals surface area contributed by atoms with Crippen LogP contribution in [0.3, 0.4) is 0 Å². The maximum absolute atomic E-state index is 5.28. The smallest absolute Gasteiger partial charge is 0.119 e. The van der Waals surface area contributed by atoms with Crippen molar-refractivity contribution in [2.75, 3.05) is 27.4 Å². The predicted octanol–water partition coefficient (Wildman–Crippen LogP) is 2.48. The van der Waals surface area contributed by atoms with Gasteiger partial charge in [0.2, 0.25) is 0 Å². The van der Waals surface area contributed by atoms with Gasteiger partial charge in [0, 0.05) is 25.2 Å². The molecule has 1 aromatic heterocycles. The number of nitrogens with zero attached hydrogens (tertiary/aromatic N) is 1. The Hall–Kier alpha value is -1.43. The molecule has 1 N–H and O–H groups in total. The summed E-state index contributed by atoms with van der Waals surface area (Å²) in [5, 5.41) is 6.49. The van der Waals surface area contributed by atoms with Crippen molar-refractivity contribution in [1.29, 1.82) is 0 Å². The standard InChI is InChI=1S/C14H18N2O2S/c1-17-8-6-15-13(14-16-7-9-19-14)11-4-3-5-12(10-11)18-2/h3-5,7,9-10,13,15H,6,8H2,1-2H3. The quantitative estimate of drug-likeness (QED) is 0.790. The monoisotopic (exact) mass is 278 g/mol. The average Bonchev–Trinajstić information content (AvgIpc) is 2.97. The molecule has 0 aliphatic carbocycles. The molecule has 4 nitrogen and oxygen atoms in total. The highest BCUT2D eigenvalue weighted by Gasteiger charge is 2.16. The Bertz CT molecular complexity index is 488. The summed E-state index contributed by atoms with van der Waals surface area (Å²) in [5.41, 5.74) is 1.14. The van der Waals surface area contributed by atoms with Crippen molar-refractivity contribution in [3.63, 3.8) is 0 Å². The summed E-state index contributed by atoms with van der Waals surface area (Å²) in [6, 6.07) is 8.12. The van der Waals surface area contributed by atoms with Crippen LogP contribution in [0.15, 0.2) is 35.8 Å². The Kier molecular flexibility index (Phi) is 5.32. The van der Waals surface area contributed by atoms with E-state index in [2.05, 4.69) is 16.4 Å². The van der Waals surface area contributed by atoms with E-state index >= 15 is 0 Å². The number of ether oxygens (including phenoxy) is 2. The van der Waals surface area contributed by atoms with Crippen LogP contribution in [0.1, 0.15) is 16.6 Å². The molecular formula is C14H18N2O2S. The second kappa shape index (κ2) is 7.23. The second-order valence-corrected chi connectivity index (χ2v) is 4.95. The van der Waals surface area contributed by atoms with Crippen molar-refractivity contribution in [2.45, 2.75) is 6.04 Å². The molecule has 0 aliphatic rings. The summed E-state index contributed by atoms with van der Waals surface area (Å²) in [6.07, 6.45) is 1.82. The second-order valence-electron chi connectivity index (χ2n) is 4.03. The van der Waals surface area contributed by atoms with Crippen molar-refractivity contribution in [1.82, 2.24) is 10.3 Å². The van der Waals surface area contributed by atoms with E-state index in [9.17, 15) is 0 Å². The molecule has 1 heterocycles. The first-order chi connectivity index (χ1) is 9.35. The van der Waals surface area contributed by atoms with Gasteiger partial charge in [0.05, 0.1) is 19.8 Å². The Balaban J connectivity index is 2.20. The third-order valence-electron chi connectivity index (χ3n) is 2.78. The SMILES string of the molecule is COCCNC(c1cccc(OC)c1)c1nccs1. The number of aromatic nitrogens is 1. The first kappa shape index (κ1) is 14.0. The van der Waals surface area contributed by atoms with Crippen LogP contribution < -0.4 is 10.1 Å². The fourth-order valence-electron chi connectivity index (χ4n) is 1.85. The Morgan fingerprint density at radius 3 is 2.95 bits per heavy atom. The van der Waals surface area contributed by atoms with Crippen molar-refractivity contribution < 1.29 is 9.47 Å². The number of methoxy groups -OCH3 is 2. The maximum Gasteiger partial charge on any atom is 0.119 e. The lowest BCUT2D eigenvalue weighted by molar-refractivity contribution is 0.197. The third kappa shape index (κ3) is 3.76. The van der Waals surface area contributed by atoms with Crippen LogP contribution in [-0.2, 0) is 4.74 Å². The van der Waals surface area contributed by atoms with Gasteiger partial charge in [-0.05, 0) is 17.7 Å². The van der Waals surface area contributed by atoms with Gasteiger partial charge in [0.25, 0.3) is 0 Å². The van der Waals surface area contributed by atoms with Gasteiger partial charge in [-0.3, -0.25) is 0 Å². The predicted molar refractivity (Wildman–Crippen MR) is 76.8 cm³/mol. The normalized spacial score (nSPS) is 12.3. The molecule has 2 aromatic rings. The zero-order chi connectivity index (χ0) is 13.5. The molecular weight excluding hydrogens is 260 g/mol. The van der Waals surface area contributed by atoms with Gasteiger partial charge < -0.3 is 14.8 Å². The minimum atomic E-state index is 0.0743. The lowest BCUT2D eigenvalue weighted by Crippen LogP contribution is -2.25. The van der Waals surface area contributed by atoms with Gasteiger partial charge in [0.15, 0.2) is 0 Å². The average molecular weight is 278 g/mol. The molecule has 1 atom stereocenters. The van der Waals surface area contributed by atoms with Crippen molar-refractivity contribution in [2.24, 2.45) is 0 Å². The number of nitrogens with one attached hydrogen (secondary N) is 1. The number of hydrogen-bond acceptors (Lipinski definition) is 5. The highest BCUT2D eigenvalue weighted by atomic mass is 32.1. The Morgan fingerprint density at radius 1 is 1.37 bits per heavy atom. The van der Waals surface area contributed by atoms with Crippen LogP contribution in [0.25, 0.3) is 0 Å². The molecule has 5 heteroatoms. The molecule has 19 heavy (non-hydrogen) atoms. The first-order valence-corrected chi connectivity index (χ1v) is 6.98. The summed E-state index contributed by atoms with van der Waals surface area (Å²) in [4.78, 5) is 4.40. The van der Waals surface area contributed by atoms with Crippen LogP contribution in [-0.4, -0.2) is 32.4 Å². The number of benzene rings is 1. The van der Waals surface area contributed by atoms with Crippen LogP contribution >= 0.6 is 11.3 Å². The van der Waals surface area contributed by atoms with Gasteiger partial charge in [-0.1, -0.05) is 12.1 Å². The van der Waals surface area contributed by atoms with E-state index in [1.165, 1.54) is 0 Å². The van der Waals surface area contributed by atoms with Gasteiger partial charge >= 0.3 is 0 Å². The van der Waals surface area contributed by atoms with Gasteiger partial charge in [-0.15, -0.1) is 11.3 Å². The molecule has 102 valence electrons. The van der Waals surface area contributed by atoms with E-state index in [-0.39, 0.29) is 6.04 Å². The van der Waals surface area contributed by atoms with E-state index in [0.717, 1.165) is 22.9 Å². The molecule has 1 unspecified atom stereocenters. The summed E-state index contributed by atoms with van der Waals surface area (Å²) in [6.45, 7) is 1.45. The molecule has 0 saturated carbocycles. The summed E-state index contributed by atoms with van der Waals surface area (Å²) in [7, 11) is 3.38. The fourth-order valence-corrected chi connectivity index (χ4v) is 2.59. The van der Waals surface area contributed by atoms with Crippen molar-refractivity contribution >= 4 is 11.3 Å². The third-order valence-corrected chi connectivity index (χ3v) is 3.62. The molecule has 0 bridgehead atoms. The summed E-state index contributed by atoms with van der Waals surface area (Å²) >= 11 is 1.64. The Labute approximate surface area is 117 Å². The fraction of sp³-hybridized carbons (Fsp3) is 0.357. The molecule has 0 fully saturated rings. The number of hydrogen-bond donors (Lipinski definition) is 1. The molecule has 0 radical (unpaired) electrons. The van der Waals surface area contributed by atoms with Crippen molar-refractivity contribution in [3.05, 3.63) is 46.4 Å². The number of thiazole rings is 1. The first-order valence-electron chi connectivity index (χ1n) is 6.11. The van der Waals surface area contributed by atoms with Gasteiger partial charge in [0.1, 0.15) is 10.8 Å². The van der Waals surface area contributed by atoms with Crippen molar-refractivity contribution in [3.8, 4) is 5.75 Å². The lowest BCUT2D eigenvalue weighted by Gasteiger charge is -2.17. The van der Waals surface area contributed by atoms with E-state index in [1.807, 2.05) is 29.8 Å². The molecule has 1 aromatic carbocycles. The van der Waals surface area contributed by atoms with E-state index in [4.69, 9.17) is 9.47 Å². The minimum absolute atomic E-state index is 0.0743. The van der Waals surface area contributed by atoms with Crippen LogP contribution in [0.2, 0.25) is 0 Å².